The van der Waals surface area contributed by atoms with Crippen LogP contribution in [0.1, 0.15) is 35.7 Å². The van der Waals surface area contributed by atoms with Crippen LogP contribution in [-0.4, -0.2) is 57.3 Å². The number of halogens is 1. The van der Waals surface area contributed by atoms with Crippen LogP contribution in [0.2, 0.25) is 0 Å². The maximum absolute atomic E-state index is 14.6. The lowest BCUT2D eigenvalue weighted by atomic mass is 10.1. The summed E-state index contributed by atoms with van der Waals surface area (Å²) in [5, 5.41) is 0.356. The molecule has 2 heterocycles. The average molecular weight is 452 g/mol. The van der Waals surface area contributed by atoms with Gasteiger partial charge in [-0.1, -0.05) is 31.5 Å². The van der Waals surface area contributed by atoms with Gasteiger partial charge in [0.2, 0.25) is 5.91 Å². The van der Waals surface area contributed by atoms with Crippen LogP contribution in [-0.2, 0) is 11.3 Å². The van der Waals surface area contributed by atoms with E-state index in [1.54, 1.807) is 29.2 Å². The summed E-state index contributed by atoms with van der Waals surface area (Å²) in [5.74, 6) is -1.40. The van der Waals surface area contributed by atoms with Crippen LogP contribution in [0.15, 0.2) is 52.1 Å². The lowest BCUT2D eigenvalue weighted by Gasteiger charge is -2.34. The Bertz CT molecular complexity index is 1330. The Morgan fingerprint density at radius 3 is 2.64 bits per heavy atom. The van der Waals surface area contributed by atoms with Gasteiger partial charge < -0.3 is 9.80 Å². The molecule has 33 heavy (non-hydrogen) atoms. The molecule has 4 rings (SSSR count). The van der Waals surface area contributed by atoms with Gasteiger partial charge in [-0.15, -0.1) is 0 Å². The molecule has 0 aliphatic carbocycles. The Morgan fingerprint density at radius 2 is 1.88 bits per heavy atom. The molecule has 0 radical (unpaired) electrons. The second-order valence-electron chi connectivity index (χ2n) is 8.14. The van der Waals surface area contributed by atoms with Crippen molar-refractivity contribution < 1.29 is 14.0 Å². The summed E-state index contributed by atoms with van der Waals surface area (Å²) in [6.07, 6.45) is 1.87. The van der Waals surface area contributed by atoms with Crippen molar-refractivity contribution in [2.24, 2.45) is 0 Å². The molecule has 0 bridgehead atoms. The van der Waals surface area contributed by atoms with E-state index in [9.17, 15) is 23.6 Å². The largest absolute Gasteiger partial charge is 0.339 e. The van der Waals surface area contributed by atoms with Gasteiger partial charge in [0.25, 0.3) is 11.5 Å². The Balaban J connectivity index is 1.59. The minimum absolute atomic E-state index is 0.0421. The third kappa shape index (κ3) is 4.57. The predicted octanol–water partition coefficient (Wildman–Crippen LogP) is 1.96. The van der Waals surface area contributed by atoms with Crippen LogP contribution >= 0.6 is 0 Å². The molecular weight excluding hydrogens is 427 g/mol. The Hall–Kier alpha value is -3.75. The summed E-state index contributed by atoms with van der Waals surface area (Å²) in [5.41, 5.74) is -0.262. The summed E-state index contributed by atoms with van der Waals surface area (Å²) >= 11 is 0. The lowest BCUT2D eigenvalue weighted by molar-refractivity contribution is -0.135. The molecule has 9 heteroatoms. The number of piperazine rings is 1. The van der Waals surface area contributed by atoms with Gasteiger partial charge in [-0.2, -0.15) is 0 Å². The number of hydrogen-bond donors (Lipinski definition) is 1. The van der Waals surface area contributed by atoms with E-state index in [4.69, 9.17) is 0 Å². The van der Waals surface area contributed by atoms with Crippen LogP contribution in [0.3, 0.4) is 0 Å². The summed E-state index contributed by atoms with van der Waals surface area (Å²) in [7, 11) is 0. The van der Waals surface area contributed by atoms with Gasteiger partial charge in [0.05, 0.1) is 23.0 Å². The minimum Gasteiger partial charge on any atom is -0.339 e. The van der Waals surface area contributed by atoms with Gasteiger partial charge in [-0.3, -0.25) is 23.9 Å². The molecule has 1 N–H and O–H groups in total. The second-order valence-corrected chi connectivity index (χ2v) is 8.14. The van der Waals surface area contributed by atoms with Crippen molar-refractivity contribution in [1.29, 1.82) is 0 Å². The SMILES string of the molecule is CCCCN1CCN(C(=O)c2cc(Cn3c(=O)[nH]c(=O)c4ccccc43)ccc2F)CC1=O. The van der Waals surface area contributed by atoms with Crippen molar-refractivity contribution in [2.45, 2.75) is 26.3 Å². The minimum atomic E-state index is -0.691. The monoisotopic (exact) mass is 452 g/mol. The van der Waals surface area contributed by atoms with E-state index in [0.29, 0.717) is 36.1 Å². The zero-order chi connectivity index (χ0) is 23.5. The van der Waals surface area contributed by atoms with Gasteiger partial charge in [0.1, 0.15) is 12.4 Å². The fraction of sp³-hybridized carbons (Fsp3) is 0.333. The molecule has 1 aliphatic heterocycles. The van der Waals surface area contributed by atoms with Crippen LogP contribution in [0.4, 0.5) is 4.39 Å². The number of benzene rings is 2. The average Bonchev–Trinajstić information content (AvgIpc) is 2.81. The zero-order valence-electron chi connectivity index (χ0n) is 18.3. The van der Waals surface area contributed by atoms with Gasteiger partial charge in [-0.05, 0) is 36.2 Å². The van der Waals surface area contributed by atoms with Crippen molar-refractivity contribution in [3.63, 3.8) is 0 Å². The number of para-hydroxylation sites is 1. The third-order valence-electron chi connectivity index (χ3n) is 5.89. The Morgan fingerprint density at radius 1 is 1.09 bits per heavy atom. The third-order valence-corrected chi connectivity index (χ3v) is 5.89. The van der Waals surface area contributed by atoms with Crippen molar-refractivity contribution in [3.05, 3.63) is 80.2 Å². The summed E-state index contributed by atoms with van der Waals surface area (Å²) in [6, 6.07) is 10.8. The first-order chi connectivity index (χ1) is 15.9. The van der Waals surface area contributed by atoms with Gasteiger partial charge in [-0.25, -0.2) is 9.18 Å². The molecule has 0 unspecified atom stereocenters. The van der Waals surface area contributed by atoms with Gasteiger partial charge in [0.15, 0.2) is 0 Å². The topological polar surface area (TPSA) is 95.5 Å². The predicted molar refractivity (Wildman–Crippen MR) is 122 cm³/mol. The molecule has 0 spiro atoms. The number of aromatic amines is 1. The molecule has 1 aromatic heterocycles. The number of hydrogen-bond acceptors (Lipinski definition) is 4. The quantitative estimate of drug-likeness (QED) is 0.619. The maximum atomic E-state index is 14.6. The van der Waals surface area contributed by atoms with Crippen LogP contribution < -0.4 is 11.2 Å². The van der Waals surface area contributed by atoms with E-state index >= 15 is 0 Å². The van der Waals surface area contributed by atoms with E-state index in [0.717, 1.165) is 12.8 Å². The highest BCUT2D eigenvalue weighted by molar-refractivity contribution is 5.97. The fourth-order valence-corrected chi connectivity index (χ4v) is 4.05. The highest BCUT2D eigenvalue weighted by atomic mass is 19.1. The number of nitrogens with one attached hydrogen (secondary N) is 1. The molecule has 8 nitrogen and oxygen atoms in total. The number of unbranched alkanes of at least 4 members (excludes halogenated alkanes) is 1. The molecule has 1 saturated heterocycles. The van der Waals surface area contributed by atoms with Crippen LogP contribution in [0.5, 0.6) is 0 Å². The van der Waals surface area contributed by atoms with Crippen molar-refractivity contribution in [3.8, 4) is 0 Å². The van der Waals surface area contributed by atoms with E-state index in [-0.39, 0.29) is 24.6 Å². The van der Waals surface area contributed by atoms with Gasteiger partial charge >= 0.3 is 5.69 Å². The van der Waals surface area contributed by atoms with Crippen molar-refractivity contribution >= 4 is 22.7 Å². The molecule has 172 valence electrons. The Kier molecular flexibility index (Phi) is 6.39. The van der Waals surface area contributed by atoms with E-state index in [1.807, 2.05) is 6.92 Å². The molecule has 3 aromatic rings. The van der Waals surface area contributed by atoms with E-state index in [2.05, 4.69) is 4.98 Å². The number of H-pyrrole nitrogens is 1. The van der Waals surface area contributed by atoms with Crippen molar-refractivity contribution in [2.75, 3.05) is 26.2 Å². The number of carbonyl (C=O) groups excluding carboxylic acids is 2. The molecule has 1 fully saturated rings. The number of amides is 2. The van der Waals surface area contributed by atoms with E-state index in [1.165, 1.54) is 27.7 Å². The highest BCUT2D eigenvalue weighted by Gasteiger charge is 2.28. The first-order valence-electron chi connectivity index (χ1n) is 11.0. The van der Waals surface area contributed by atoms with Crippen LogP contribution in [0, 0.1) is 5.82 Å². The molecular formula is C24H25FN4O4. The summed E-state index contributed by atoms with van der Waals surface area (Å²) in [4.78, 5) is 55.3. The molecule has 2 aromatic carbocycles. The first kappa shape index (κ1) is 22.4. The fourth-order valence-electron chi connectivity index (χ4n) is 4.05. The molecule has 1 aliphatic rings. The molecule has 0 atom stereocenters. The summed E-state index contributed by atoms with van der Waals surface area (Å²) in [6.45, 7) is 3.41. The Labute approximate surface area is 189 Å². The molecule has 0 saturated carbocycles. The number of nitrogens with zero attached hydrogens (tertiary/aromatic N) is 3. The number of fused-ring (bicyclic) bond motifs is 1. The standard InChI is InChI=1S/C24H25FN4O4/c1-2-3-10-27-11-12-28(15-21(27)30)23(32)18-13-16(8-9-19(18)25)14-29-20-7-5-4-6-17(20)22(31)26-24(29)33/h4-9,13H,2-3,10-12,14-15H2,1H3,(H,26,31,33). The van der Waals surface area contributed by atoms with Crippen LogP contribution in [0.25, 0.3) is 10.9 Å². The highest BCUT2D eigenvalue weighted by Crippen LogP contribution is 2.17. The number of aromatic nitrogens is 2. The van der Waals surface area contributed by atoms with E-state index < -0.39 is 23.0 Å². The smallest absolute Gasteiger partial charge is 0.329 e. The first-order valence-corrected chi connectivity index (χ1v) is 11.0. The van der Waals surface area contributed by atoms with Crippen molar-refractivity contribution in [1.82, 2.24) is 19.4 Å². The normalized spacial score (nSPS) is 14.2. The maximum Gasteiger partial charge on any atom is 0.329 e. The molecule has 2 amide bonds. The zero-order valence-corrected chi connectivity index (χ0v) is 18.3. The number of carbonyl (C=O) groups is 2. The van der Waals surface area contributed by atoms with Gasteiger partial charge in [0, 0.05) is 19.6 Å². The summed E-state index contributed by atoms with van der Waals surface area (Å²) < 4.78 is 15.9. The number of rotatable bonds is 6. The second kappa shape index (κ2) is 9.40. The lowest BCUT2D eigenvalue weighted by Crippen LogP contribution is -2.52.